The van der Waals surface area contributed by atoms with Gasteiger partial charge in [0, 0.05) is 24.7 Å². The maximum atomic E-state index is 12.7. The molecule has 1 saturated heterocycles. The molecule has 5 heteroatoms. The highest BCUT2D eigenvalue weighted by Gasteiger charge is 2.27. The molecular weight excluding hydrogens is 364 g/mol. The Morgan fingerprint density at radius 2 is 1.69 bits per heavy atom. The molecule has 154 valence electrons. The van der Waals surface area contributed by atoms with Gasteiger partial charge in [-0.2, -0.15) is 0 Å². The highest BCUT2D eigenvalue weighted by Crippen LogP contribution is 2.26. The Morgan fingerprint density at radius 1 is 1.03 bits per heavy atom. The van der Waals surface area contributed by atoms with Crippen molar-refractivity contribution in [3.8, 4) is 5.75 Å². The molecule has 0 bridgehead atoms. The number of para-hydroxylation sites is 2. The minimum absolute atomic E-state index is 0.0533. The Hall–Kier alpha value is -2.82. The van der Waals surface area contributed by atoms with Crippen LogP contribution < -0.4 is 10.1 Å². The van der Waals surface area contributed by atoms with E-state index in [0.29, 0.717) is 44.9 Å². The number of hydrogen-bond acceptors (Lipinski definition) is 3. The van der Waals surface area contributed by atoms with Crippen LogP contribution in [0, 0.1) is 5.92 Å². The van der Waals surface area contributed by atoms with E-state index in [0.717, 1.165) is 17.0 Å². The van der Waals surface area contributed by atoms with Crippen LogP contribution in [0.25, 0.3) is 0 Å². The molecule has 0 atom stereocenters. The van der Waals surface area contributed by atoms with Crippen molar-refractivity contribution in [2.75, 3.05) is 25.0 Å². The first-order valence-corrected chi connectivity index (χ1v) is 10.4. The van der Waals surface area contributed by atoms with E-state index in [-0.39, 0.29) is 17.7 Å². The summed E-state index contributed by atoms with van der Waals surface area (Å²) >= 11 is 0. The van der Waals surface area contributed by atoms with Crippen LogP contribution in [0.3, 0.4) is 0 Å². The molecule has 5 nitrogen and oxygen atoms in total. The van der Waals surface area contributed by atoms with Crippen molar-refractivity contribution in [3.63, 3.8) is 0 Å². The third kappa shape index (κ3) is 5.83. The SMILES string of the molecule is CC(C)c1ccccc1NC(=O)C1CCN(C(=O)CCOc2ccccc2)CC1. The molecule has 0 unspecified atom stereocenters. The van der Waals surface area contributed by atoms with Crippen LogP contribution in [0.1, 0.15) is 44.6 Å². The average Bonchev–Trinajstić information content (AvgIpc) is 2.74. The molecule has 2 amide bonds. The zero-order chi connectivity index (χ0) is 20.6. The second kappa shape index (κ2) is 10.1. The van der Waals surface area contributed by atoms with Crippen molar-refractivity contribution in [1.29, 1.82) is 0 Å². The minimum Gasteiger partial charge on any atom is -0.493 e. The predicted molar refractivity (Wildman–Crippen MR) is 115 cm³/mol. The number of carbonyl (C=O) groups is 2. The highest BCUT2D eigenvalue weighted by atomic mass is 16.5. The minimum atomic E-state index is -0.0557. The molecule has 0 spiro atoms. The van der Waals surface area contributed by atoms with Gasteiger partial charge in [0.1, 0.15) is 5.75 Å². The van der Waals surface area contributed by atoms with E-state index >= 15 is 0 Å². The number of hydrogen-bond donors (Lipinski definition) is 1. The van der Waals surface area contributed by atoms with Gasteiger partial charge in [0.2, 0.25) is 11.8 Å². The summed E-state index contributed by atoms with van der Waals surface area (Å²) in [6, 6.07) is 17.5. The van der Waals surface area contributed by atoms with Crippen molar-refractivity contribution in [1.82, 2.24) is 4.90 Å². The van der Waals surface area contributed by atoms with Gasteiger partial charge in [-0.3, -0.25) is 9.59 Å². The van der Waals surface area contributed by atoms with Crippen LogP contribution in [-0.4, -0.2) is 36.4 Å². The zero-order valence-electron chi connectivity index (χ0n) is 17.3. The van der Waals surface area contributed by atoms with E-state index in [2.05, 4.69) is 25.2 Å². The quantitative estimate of drug-likeness (QED) is 0.754. The van der Waals surface area contributed by atoms with Gasteiger partial charge in [0.05, 0.1) is 13.0 Å². The first-order chi connectivity index (χ1) is 14.0. The lowest BCUT2D eigenvalue weighted by atomic mass is 9.95. The summed E-state index contributed by atoms with van der Waals surface area (Å²) in [7, 11) is 0. The third-order valence-electron chi connectivity index (χ3n) is 5.39. The number of carbonyl (C=O) groups excluding carboxylic acids is 2. The maximum Gasteiger partial charge on any atom is 0.227 e. The lowest BCUT2D eigenvalue weighted by Crippen LogP contribution is -2.41. The van der Waals surface area contributed by atoms with Crippen LogP contribution in [0.4, 0.5) is 5.69 Å². The highest BCUT2D eigenvalue weighted by molar-refractivity contribution is 5.93. The Morgan fingerprint density at radius 3 is 2.38 bits per heavy atom. The maximum absolute atomic E-state index is 12.7. The molecule has 0 aromatic heterocycles. The summed E-state index contributed by atoms with van der Waals surface area (Å²) in [5.74, 6) is 1.21. The third-order valence-corrected chi connectivity index (χ3v) is 5.39. The summed E-state index contributed by atoms with van der Waals surface area (Å²) in [4.78, 5) is 27.0. The zero-order valence-corrected chi connectivity index (χ0v) is 17.3. The topological polar surface area (TPSA) is 58.6 Å². The van der Waals surface area contributed by atoms with Crippen LogP contribution in [0.2, 0.25) is 0 Å². The number of amides is 2. The summed E-state index contributed by atoms with van der Waals surface area (Å²) in [5, 5.41) is 3.10. The number of nitrogens with one attached hydrogen (secondary N) is 1. The lowest BCUT2D eigenvalue weighted by molar-refractivity contribution is -0.135. The van der Waals surface area contributed by atoms with Crippen LogP contribution in [0.15, 0.2) is 54.6 Å². The number of nitrogens with zero attached hydrogens (tertiary/aromatic N) is 1. The van der Waals surface area contributed by atoms with E-state index in [1.165, 1.54) is 0 Å². The molecule has 3 rings (SSSR count). The van der Waals surface area contributed by atoms with Crippen LogP contribution in [0.5, 0.6) is 5.75 Å². The van der Waals surface area contributed by atoms with Gasteiger partial charge in [0.15, 0.2) is 0 Å². The molecule has 2 aromatic carbocycles. The Labute approximate surface area is 173 Å². The second-order valence-electron chi connectivity index (χ2n) is 7.80. The average molecular weight is 395 g/mol. The normalized spacial score (nSPS) is 14.7. The first kappa shape index (κ1) is 20.9. The first-order valence-electron chi connectivity index (χ1n) is 10.4. The molecule has 1 fully saturated rings. The molecule has 1 N–H and O–H groups in total. The molecule has 29 heavy (non-hydrogen) atoms. The summed E-state index contributed by atoms with van der Waals surface area (Å²) in [5.41, 5.74) is 2.04. The Kier molecular flexibility index (Phi) is 7.28. The molecule has 1 heterocycles. The second-order valence-corrected chi connectivity index (χ2v) is 7.80. The summed E-state index contributed by atoms with van der Waals surface area (Å²) in [6.45, 7) is 5.85. The van der Waals surface area contributed by atoms with Crippen LogP contribution in [-0.2, 0) is 9.59 Å². The smallest absolute Gasteiger partial charge is 0.227 e. The van der Waals surface area contributed by atoms with E-state index in [1.54, 1.807) is 0 Å². The van der Waals surface area contributed by atoms with Crippen molar-refractivity contribution in [2.24, 2.45) is 5.92 Å². The molecule has 0 saturated carbocycles. The van der Waals surface area contributed by atoms with Gasteiger partial charge < -0.3 is 15.0 Å². The fourth-order valence-electron chi connectivity index (χ4n) is 3.67. The van der Waals surface area contributed by atoms with E-state index < -0.39 is 0 Å². The number of anilines is 1. The van der Waals surface area contributed by atoms with Gasteiger partial charge in [-0.15, -0.1) is 0 Å². The van der Waals surface area contributed by atoms with Crippen molar-refractivity contribution in [2.45, 2.75) is 39.0 Å². The monoisotopic (exact) mass is 394 g/mol. The predicted octanol–water partition coefficient (Wildman–Crippen LogP) is 4.46. The van der Waals surface area contributed by atoms with E-state index in [1.807, 2.05) is 53.4 Å². The lowest BCUT2D eigenvalue weighted by Gasteiger charge is -2.31. The fraction of sp³-hybridized carbons (Fsp3) is 0.417. The number of piperidine rings is 1. The fourth-order valence-corrected chi connectivity index (χ4v) is 3.67. The number of benzene rings is 2. The molecule has 1 aliphatic rings. The molecule has 2 aromatic rings. The van der Waals surface area contributed by atoms with Crippen molar-refractivity contribution >= 4 is 17.5 Å². The number of ether oxygens (including phenoxy) is 1. The van der Waals surface area contributed by atoms with Gasteiger partial charge in [0.25, 0.3) is 0 Å². The van der Waals surface area contributed by atoms with Crippen LogP contribution >= 0.6 is 0 Å². The van der Waals surface area contributed by atoms with Crippen molar-refractivity contribution < 1.29 is 14.3 Å². The molecule has 0 aliphatic carbocycles. The molecule has 0 radical (unpaired) electrons. The van der Waals surface area contributed by atoms with Gasteiger partial charge in [-0.05, 0) is 42.5 Å². The molecular formula is C24H30N2O3. The van der Waals surface area contributed by atoms with Crippen molar-refractivity contribution in [3.05, 3.63) is 60.2 Å². The summed E-state index contributed by atoms with van der Waals surface area (Å²) < 4.78 is 5.61. The summed E-state index contributed by atoms with van der Waals surface area (Å²) in [6.07, 6.45) is 1.75. The number of rotatable bonds is 7. The van der Waals surface area contributed by atoms with Gasteiger partial charge in [-0.25, -0.2) is 0 Å². The Balaban J connectivity index is 1.44. The Bertz CT molecular complexity index is 812. The largest absolute Gasteiger partial charge is 0.493 e. The van der Waals surface area contributed by atoms with Gasteiger partial charge >= 0.3 is 0 Å². The van der Waals surface area contributed by atoms with E-state index in [9.17, 15) is 9.59 Å². The van der Waals surface area contributed by atoms with E-state index in [4.69, 9.17) is 4.74 Å². The standard InChI is InChI=1S/C24H30N2O3/c1-18(2)21-10-6-7-11-22(21)25-24(28)19-12-15-26(16-13-19)23(27)14-17-29-20-8-4-3-5-9-20/h3-11,18-19H,12-17H2,1-2H3,(H,25,28). The van der Waals surface area contributed by atoms with Gasteiger partial charge in [-0.1, -0.05) is 50.2 Å². The number of likely N-dealkylation sites (tertiary alicyclic amines) is 1. The molecule has 1 aliphatic heterocycles.